The van der Waals surface area contributed by atoms with Crippen LogP contribution in [0.2, 0.25) is 5.02 Å². The first kappa shape index (κ1) is 13.4. The summed E-state index contributed by atoms with van der Waals surface area (Å²) in [4.78, 5) is 0. The van der Waals surface area contributed by atoms with Gasteiger partial charge >= 0.3 is 0 Å². The molecule has 0 saturated carbocycles. The van der Waals surface area contributed by atoms with Gasteiger partial charge in [0, 0.05) is 13.0 Å². The van der Waals surface area contributed by atoms with Crippen molar-refractivity contribution in [2.45, 2.75) is 19.9 Å². The van der Waals surface area contributed by atoms with Gasteiger partial charge in [0.25, 0.3) is 0 Å². The third-order valence-corrected chi connectivity index (χ3v) is 3.19. The van der Waals surface area contributed by atoms with E-state index in [-0.39, 0.29) is 0 Å². The molecule has 0 atom stereocenters. The summed E-state index contributed by atoms with van der Waals surface area (Å²) in [5.74, 6) is 0.625. The maximum atomic E-state index is 8.93. The van der Waals surface area contributed by atoms with Crippen LogP contribution in [0, 0.1) is 18.3 Å². The van der Waals surface area contributed by atoms with Crippen molar-refractivity contribution in [2.24, 2.45) is 0 Å². The van der Waals surface area contributed by atoms with E-state index < -0.39 is 0 Å². The molecule has 0 aliphatic carbocycles. The number of hydrogen-bond donors (Lipinski definition) is 0. The molecule has 0 aliphatic heterocycles. The van der Waals surface area contributed by atoms with Crippen LogP contribution in [0.25, 0.3) is 0 Å². The number of hydrogen-bond acceptors (Lipinski definition) is 3. The molecule has 0 aliphatic rings. The van der Waals surface area contributed by atoms with Crippen molar-refractivity contribution in [3.8, 4) is 11.8 Å². The fraction of sp³-hybridized carbons (Fsp3) is 0.286. The number of para-hydroxylation sites is 1. The standard InChI is InChI=1S/C14H14ClN3O/c1-11-13(15)10-17-18(11)7-4-8-19-14-6-3-2-5-12(14)9-16/h2-3,5-6,10H,4,7-8H2,1H3. The number of ether oxygens (including phenoxy) is 1. The molecule has 98 valence electrons. The predicted octanol–water partition coefficient (Wildman–Crippen LogP) is 3.19. The van der Waals surface area contributed by atoms with Crippen LogP contribution in [0.15, 0.2) is 30.5 Å². The van der Waals surface area contributed by atoms with Crippen LogP contribution >= 0.6 is 11.6 Å². The Hall–Kier alpha value is -1.99. The van der Waals surface area contributed by atoms with E-state index in [1.54, 1.807) is 18.3 Å². The second-order valence-electron chi connectivity index (χ2n) is 4.11. The van der Waals surface area contributed by atoms with Gasteiger partial charge in [0.05, 0.1) is 29.1 Å². The number of aryl methyl sites for hydroxylation is 1. The SMILES string of the molecule is Cc1c(Cl)cnn1CCCOc1ccccc1C#N. The zero-order valence-corrected chi connectivity index (χ0v) is 11.4. The molecule has 0 saturated heterocycles. The number of rotatable bonds is 5. The predicted molar refractivity (Wildman–Crippen MR) is 73.2 cm³/mol. The minimum Gasteiger partial charge on any atom is -0.492 e. The summed E-state index contributed by atoms with van der Waals surface area (Å²) in [7, 11) is 0. The van der Waals surface area contributed by atoms with E-state index >= 15 is 0 Å². The van der Waals surface area contributed by atoms with E-state index in [1.165, 1.54) is 0 Å². The smallest absolute Gasteiger partial charge is 0.137 e. The van der Waals surface area contributed by atoms with Gasteiger partial charge in [0.2, 0.25) is 0 Å². The third kappa shape index (κ3) is 3.27. The Morgan fingerprint density at radius 1 is 1.42 bits per heavy atom. The number of nitriles is 1. The van der Waals surface area contributed by atoms with Crippen molar-refractivity contribution >= 4 is 11.6 Å². The summed E-state index contributed by atoms with van der Waals surface area (Å²) in [6, 6.07) is 9.32. The van der Waals surface area contributed by atoms with Crippen molar-refractivity contribution in [3.05, 3.63) is 46.7 Å². The average Bonchev–Trinajstić information content (AvgIpc) is 2.76. The molecule has 1 aromatic heterocycles. The third-order valence-electron chi connectivity index (χ3n) is 2.82. The van der Waals surface area contributed by atoms with Crippen molar-refractivity contribution in [1.29, 1.82) is 5.26 Å². The molecule has 2 aromatic rings. The Labute approximate surface area is 117 Å². The Morgan fingerprint density at radius 3 is 2.89 bits per heavy atom. The molecule has 5 heteroatoms. The van der Waals surface area contributed by atoms with Crippen molar-refractivity contribution in [3.63, 3.8) is 0 Å². The molecule has 0 unspecified atom stereocenters. The molecule has 1 aromatic carbocycles. The molecular formula is C14H14ClN3O. The quantitative estimate of drug-likeness (QED) is 0.788. The molecule has 0 fully saturated rings. The normalized spacial score (nSPS) is 10.2. The minimum atomic E-state index is 0.537. The lowest BCUT2D eigenvalue weighted by molar-refractivity contribution is 0.297. The fourth-order valence-corrected chi connectivity index (χ4v) is 1.87. The topological polar surface area (TPSA) is 50.8 Å². The number of aromatic nitrogens is 2. The summed E-state index contributed by atoms with van der Waals surface area (Å²) in [5, 5.41) is 13.8. The van der Waals surface area contributed by atoms with Crippen LogP contribution in [-0.2, 0) is 6.54 Å². The number of benzene rings is 1. The van der Waals surface area contributed by atoms with Crippen LogP contribution in [0.4, 0.5) is 0 Å². The molecule has 0 radical (unpaired) electrons. The first-order valence-corrected chi connectivity index (χ1v) is 6.40. The maximum absolute atomic E-state index is 8.93. The summed E-state index contributed by atoms with van der Waals surface area (Å²) in [6.45, 7) is 3.21. The van der Waals surface area contributed by atoms with Gasteiger partial charge in [-0.25, -0.2) is 0 Å². The van der Waals surface area contributed by atoms with Crippen LogP contribution in [0.1, 0.15) is 17.7 Å². The van der Waals surface area contributed by atoms with Crippen molar-refractivity contribution < 1.29 is 4.74 Å². The number of halogens is 1. The molecule has 4 nitrogen and oxygen atoms in total. The summed E-state index contributed by atoms with van der Waals surface area (Å²) in [5.41, 5.74) is 1.51. The van der Waals surface area contributed by atoms with E-state index in [1.807, 2.05) is 23.7 Å². The molecule has 0 bridgehead atoms. The first-order chi connectivity index (χ1) is 9.22. The molecule has 19 heavy (non-hydrogen) atoms. The van der Waals surface area contributed by atoms with Gasteiger partial charge in [0.15, 0.2) is 0 Å². The Morgan fingerprint density at radius 2 is 2.21 bits per heavy atom. The van der Waals surface area contributed by atoms with E-state index in [0.29, 0.717) is 22.9 Å². The number of nitrogens with zero attached hydrogens (tertiary/aromatic N) is 3. The van der Waals surface area contributed by atoms with E-state index in [0.717, 1.165) is 18.7 Å². The van der Waals surface area contributed by atoms with Gasteiger partial charge in [-0.15, -0.1) is 0 Å². The van der Waals surface area contributed by atoms with Crippen LogP contribution in [-0.4, -0.2) is 16.4 Å². The summed E-state index contributed by atoms with van der Waals surface area (Å²) < 4.78 is 7.45. The van der Waals surface area contributed by atoms with Crippen LogP contribution in [0.3, 0.4) is 0 Å². The van der Waals surface area contributed by atoms with E-state index in [2.05, 4.69) is 11.2 Å². The molecule has 0 spiro atoms. The zero-order valence-electron chi connectivity index (χ0n) is 10.6. The largest absolute Gasteiger partial charge is 0.492 e. The highest BCUT2D eigenvalue weighted by atomic mass is 35.5. The molecule has 0 amide bonds. The van der Waals surface area contributed by atoms with E-state index in [9.17, 15) is 0 Å². The van der Waals surface area contributed by atoms with Crippen LogP contribution < -0.4 is 4.74 Å². The summed E-state index contributed by atoms with van der Waals surface area (Å²) in [6.07, 6.45) is 2.45. The van der Waals surface area contributed by atoms with Crippen molar-refractivity contribution in [1.82, 2.24) is 9.78 Å². The molecular weight excluding hydrogens is 262 g/mol. The van der Waals surface area contributed by atoms with Gasteiger partial charge in [-0.2, -0.15) is 10.4 Å². The second kappa shape index (κ2) is 6.26. The highest BCUT2D eigenvalue weighted by Gasteiger charge is 2.04. The monoisotopic (exact) mass is 275 g/mol. The van der Waals surface area contributed by atoms with Gasteiger partial charge in [-0.05, 0) is 19.1 Å². The minimum absolute atomic E-state index is 0.537. The lowest BCUT2D eigenvalue weighted by atomic mass is 10.2. The van der Waals surface area contributed by atoms with Crippen molar-refractivity contribution in [2.75, 3.05) is 6.61 Å². The second-order valence-corrected chi connectivity index (χ2v) is 4.52. The highest BCUT2D eigenvalue weighted by molar-refractivity contribution is 6.31. The fourth-order valence-electron chi connectivity index (χ4n) is 1.73. The van der Waals surface area contributed by atoms with Crippen LogP contribution in [0.5, 0.6) is 5.75 Å². The van der Waals surface area contributed by atoms with Gasteiger partial charge in [-0.3, -0.25) is 4.68 Å². The highest BCUT2D eigenvalue weighted by Crippen LogP contribution is 2.17. The summed E-state index contributed by atoms with van der Waals surface area (Å²) >= 11 is 5.93. The molecule has 1 heterocycles. The Bertz CT molecular complexity index is 601. The van der Waals surface area contributed by atoms with Gasteiger partial charge in [-0.1, -0.05) is 23.7 Å². The van der Waals surface area contributed by atoms with Gasteiger partial charge in [0.1, 0.15) is 11.8 Å². The average molecular weight is 276 g/mol. The Balaban J connectivity index is 1.84. The first-order valence-electron chi connectivity index (χ1n) is 6.02. The molecule has 0 N–H and O–H groups in total. The lowest BCUT2D eigenvalue weighted by Gasteiger charge is -2.08. The van der Waals surface area contributed by atoms with E-state index in [4.69, 9.17) is 21.6 Å². The van der Waals surface area contributed by atoms with Gasteiger partial charge < -0.3 is 4.74 Å². The lowest BCUT2D eigenvalue weighted by Crippen LogP contribution is -2.07. The maximum Gasteiger partial charge on any atom is 0.137 e. The zero-order chi connectivity index (χ0) is 13.7. The molecule has 2 rings (SSSR count). The Kier molecular flexibility index (Phi) is 4.43.